The summed E-state index contributed by atoms with van der Waals surface area (Å²) in [5.74, 6) is 1.13. The van der Waals surface area contributed by atoms with Crippen LogP contribution in [-0.2, 0) is 4.79 Å². The smallest absolute Gasteiger partial charge is 0.229 e. The molecule has 16 heavy (non-hydrogen) atoms. The Morgan fingerprint density at radius 3 is 2.88 bits per heavy atom. The molecule has 2 rings (SSSR count). The maximum atomic E-state index is 11.7. The third kappa shape index (κ3) is 2.08. The van der Waals surface area contributed by atoms with Crippen LogP contribution in [0.15, 0.2) is 0 Å². The number of amides is 1. The van der Waals surface area contributed by atoms with Crippen LogP contribution in [0.4, 0.5) is 5.13 Å². The van der Waals surface area contributed by atoms with Gasteiger partial charge in [-0.1, -0.05) is 13.8 Å². The normalized spacial score (nSPS) is 21.1. The zero-order valence-electron chi connectivity index (χ0n) is 9.38. The summed E-state index contributed by atoms with van der Waals surface area (Å²) in [6.07, 6.45) is 0.410. The molecular formula is C10H15N3O2S. The first-order chi connectivity index (χ1) is 7.61. The molecule has 1 atom stereocenters. The van der Waals surface area contributed by atoms with E-state index in [2.05, 4.69) is 9.36 Å². The van der Waals surface area contributed by atoms with E-state index in [0.717, 1.165) is 5.82 Å². The number of aliphatic hydroxyl groups is 1. The SMILES string of the molecule is CC(C)c1nsc(N2CC(CO)CC2=O)n1. The summed E-state index contributed by atoms with van der Waals surface area (Å²) in [7, 11) is 0. The van der Waals surface area contributed by atoms with Gasteiger partial charge in [0.15, 0.2) is 0 Å². The molecule has 0 radical (unpaired) electrons. The summed E-state index contributed by atoms with van der Waals surface area (Å²) in [5.41, 5.74) is 0. The van der Waals surface area contributed by atoms with Gasteiger partial charge in [0, 0.05) is 42.9 Å². The van der Waals surface area contributed by atoms with Crippen molar-refractivity contribution in [2.24, 2.45) is 5.92 Å². The molecule has 1 aromatic heterocycles. The fourth-order valence-electron chi connectivity index (χ4n) is 1.66. The lowest BCUT2D eigenvalue weighted by Crippen LogP contribution is -2.24. The van der Waals surface area contributed by atoms with E-state index in [1.54, 1.807) is 4.90 Å². The molecule has 0 spiro atoms. The Morgan fingerprint density at radius 1 is 1.62 bits per heavy atom. The first kappa shape index (κ1) is 11.5. The Kier molecular flexibility index (Phi) is 3.20. The quantitative estimate of drug-likeness (QED) is 0.857. The van der Waals surface area contributed by atoms with E-state index in [9.17, 15) is 4.79 Å². The zero-order valence-corrected chi connectivity index (χ0v) is 10.2. The van der Waals surface area contributed by atoms with Crippen molar-refractivity contribution >= 4 is 22.6 Å². The van der Waals surface area contributed by atoms with Crippen LogP contribution in [-0.4, -0.2) is 33.5 Å². The lowest BCUT2D eigenvalue weighted by Gasteiger charge is -2.11. The minimum Gasteiger partial charge on any atom is -0.396 e. The van der Waals surface area contributed by atoms with Gasteiger partial charge in [-0.15, -0.1) is 0 Å². The Balaban J connectivity index is 2.15. The van der Waals surface area contributed by atoms with Crippen LogP contribution < -0.4 is 4.90 Å². The number of carbonyl (C=O) groups excluding carboxylic acids is 1. The van der Waals surface area contributed by atoms with E-state index in [0.29, 0.717) is 18.1 Å². The molecular weight excluding hydrogens is 226 g/mol. The summed E-state index contributed by atoms with van der Waals surface area (Å²) in [6.45, 7) is 4.66. The fraction of sp³-hybridized carbons (Fsp3) is 0.700. The van der Waals surface area contributed by atoms with Gasteiger partial charge in [-0.2, -0.15) is 4.37 Å². The highest BCUT2D eigenvalue weighted by Gasteiger charge is 2.32. The van der Waals surface area contributed by atoms with Crippen LogP contribution in [0, 0.1) is 5.92 Å². The molecule has 0 aromatic carbocycles. The highest BCUT2D eigenvalue weighted by Crippen LogP contribution is 2.27. The maximum Gasteiger partial charge on any atom is 0.229 e. The Hall–Kier alpha value is -1.01. The largest absolute Gasteiger partial charge is 0.396 e. The number of hydrogen-bond acceptors (Lipinski definition) is 5. The molecule has 1 saturated heterocycles. The number of hydrogen-bond donors (Lipinski definition) is 1. The summed E-state index contributed by atoms with van der Waals surface area (Å²) < 4.78 is 4.22. The van der Waals surface area contributed by atoms with E-state index < -0.39 is 0 Å². The van der Waals surface area contributed by atoms with Gasteiger partial charge < -0.3 is 5.11 Å². The Labute approximate surface area is 98.3 Å². The highest BCUT2D eigenvalue weighted by molar-refractivity contribution is 7.09. The van der Waals surface area contributed by atoms with Crippen molar-refractivity contribution in [1.82, 2.24) is 9.36 Å². The second kappa shape index (κ2) is 4.47. The molecule has 1 amide bonds. The van der Waals surface area contributed by atoms with Gasteiger partial charge in [0.2, 0.25) is 11.0 Å². The second-order valence-corrected chi connectivity index (χ2v) is 5.08. The predicted octanol–water partition coefficient (Wildman–Crippen LogP) is 1.01. The summed E-state index contributed by atoms with van der Waals surface area (Å²) in [4.78, 5) is 17.6. The van der Waals surface area contributed by atoms with E-state index in [1.807, 2.05) is 13.8 Å². The standard InChI is InChI=1S/C10H15N3O2S/c1-6(2)9-11-10(16-12-9)13-4-7(5-14)3-8(13)15/h6-7,14H,3-5H2,1-2H3. The van der Waals surface area contributed by atoms with Crippen LogP contribution in [0.25, 0.3) is 0 Å². The Bertz CT molecular complexity index is 391. The number of carbonyl (C=O) groups is 1. The van der Waals surface area contributed by atoms with E-state index in [-0.39, 0.29) is 24.3 Å². The van der Waals surface area contributed by atoms with Gasteiger partial charge in [-0.05, 0) is 0 Å². The van der Waals surface area contributed by atoms with Gasteiger partial charge in [-0.3, -0.25) is 9.69 Å². The van der Waals surface area contributed by atoms with Gasteiger partial charge in [0.1, 0.15) is 5.82 Å². The molecule has 1 aliphatic heterocycles. The molecule has 6 heteroatoms. The second-order valence-electron chi connectivity index (χ2n) is 4.35. The zero-order chi connectivity index (χ0) is 11.7. The fourth-order valence-corrected chi connectivity index (χ4v) is 2.50. The van der Waals surface area contributed by atoms with Crippen molar-refractivity contribution in [2.75, 3.05) is 18.1 Å². The van der Waals surface area contributed by atoms with E-state index in [4.69, 9.17) is 5.11 Å². The van der Waals surface area contributed by atoms with Gasteiger partial charge >= 0.3 is 0 Å². The Morgan fingerprint density at radius 2 is 2.38 bits per heavy atom. The lowest BCUT2D eigenvalue weighted by molar-refractivity contribution is -0.117. The summed E-state index contributed by atoms with van der Waals surface area (Å²) in [6, 6.07) is 0. The van der Waals surface area contributed by atoms with Crippen LogP contribution >= 0.6 is 11.5 Å². The topological polar surface area (TPSA) is 66.3 Å². The molecule has 1 aliphatic rings. The third-order valence-corrected chi connectivity index (χ3v) is 3.39. The highest BCUT2D eigenvalue weighted by atomic mass is 32.1. The average Bonchev–Trinajstić information content (AvgIpc) is 2.83. The number of nitrogens with zero attached hydrogens (tertiary/aromatic N) is 3. The van der Waals surface area contributed by atoms with Crippen LogP contribution in [0.3, 0.4) is 0 Å². The number of aromatic nitrogens is 2. The van der Waals surface area contributed by atoms with Crippen LogP contribution in [0.1, 0.15) is 32.0 Å². The minimum atomic E-state index is 0.0329. The first-order valence-corrected chi connectivity index (χ1v) is 6.14. The van der Waals surface area contributed by atoms with Crippen LogP contribution in [0.2, 0.25) is 0 Å². The van der Waals surface area contributed by atoms with Crippen LogP contribution in [0.5, 0.6) is 0 Å². The summed E-state index contributed by atoms with van der Waals surface area (Å²) >= 11 is 1.25. The van der Waals surface area contributed by atoms with Crippen molar-refractivity contribution in [3.05, 3.63) is 5.82 Å². The minimum absolute atomic E-state index is 0.0329. The molecule has 88 valence electrons. The molecule has 0 saturated carbocycles. The molecule has 0 aliphatic carbocycles. The van der Waals surface area contributed by atoms with Gasteiger partial charge in [0.05, 0.1) is 0 Å². The third-order valence-electron chi connectivity index (χ3n) is 2.64. The molecule has 2 heterocycles. The number of aliphatic hydroxyl groups excluding tert-OH is 1. The van der Waals surface area contributed by atoms with Gasteiger partial charge in [0.25, 0.3) is 0 Å². The van der Waals surface area contributed by atoms with Crippen molar-refractivity contribution in [3.8, 4) is 0 Å². The lowest BCUT2D eigenvalue weighted by atomic mass is 10.1. The molecule has 1 fully saturated rings. The number of rotatable bonds is 3. The van der Waals surface area contributed by atoms with E-state index >= 15 is 0 Å². The summed E-state index contributed by atoms with van der Waals surface area (Å²) in [5, 5.41) is 9.69. The first-order valence-electron chi connectivity index (χ1n) is 5.36. The predicted molar refractivity (Wildman–Crippen MR) is 61.5 cm³/mol. The maximum absolute atomic E-state index is 11.7. The molecule has 1 unspecified atom stereocenters. The monoisotopic (exact) mass is 241 g/mol. The molecule has 0 bridgehead atoms. The molecule has 5 nitrogen and oxygen atoms in total. The molecule has 1 N–H and O–H groups in total. The van der Waals surface area contributed by atoms with Crippen molar-refractivity contribution < 1.29 is 9.90 Å². The van der Waals surface area contributed by atoms with Crippen molar-refractivity contribution in [2.45, 2.75) is 26.2 Å². The van der Waals surface area contributed by atoms with E-state index in [1.165, 1.54) is 11.5 Å². The van der Waals surface area contributed by atoms with Crippen molar-refractivity contribution in [3.63, 3.8) is 0 Å². The average molecular weight is 241 g/mol. The van der Waals surface area contributed by atoms with Gasteiger partial charge in [-0.25, -0.2) is 4.98 Å². The number of anilines is 1. The van der Waals surface area contributed by atoms with Crippen molar-refractivity contribution in [1.29, 1.82) is 0 Å². The molecule has 1 aromatic rings.